The van der Waals surface area contributed by atoms with Gasteiger partial charge in [-0.2, -0.15) is 4.31 Å². The topological polar surface area (TPSA) is 76.2 Å². The van der Waals surface area contributed by atoms with Gasteiger partial charge in [-0.1, -0.05) is 18.2 Å². The molecule has 0 radical (unpaired) electrons. The Balaban J connectivity index is 1.38. The van der Waals surface area contributed by atoms with E-state index in [1.165, 1.54) is 16.4 Å². The first kappa shape index (κ1) is 20.8. The molecule has 0 spiro atoms. The van der Waals surface area contributed by atoms with Crippen molar-refractivity contribution in [2.45, 2.75) is 24.0 Å². The number of amides is 1. The van der Waals surface area contributed by atoms with Crippen molar-refractivity contribution in [1.82, 2.24) is 9.21 Å². The van der Waals surface area contributed by atoms with Crippen molar-refractivity contribution in [1.29, 1.82) is 0 Å². The zero-order valence-corrected chi connectivity index (χ0v) is 17.3. The maximum absolute atomic E-state index is 13.1. The summed E-state index contributed by atoms with van der Waals surface area (Å²) in [7, 11) is -3.75. The zero-order chi connectivity index (χ0) is 21.3. The molecule has 2 atom stereocenters. The molecule has 2 fully saturated rings. The quantitative estimate of drug-likeness (QED) is 0.718. The number of ether oxygens (including phenoxy) is 2. The third kappa shape index (κ3) is 4.33. The highest BCUT2D eigenvalue weighted by Gasteiger charge is 2.41. The van der Waals surface area contributed by atoms with Crippen LogP contribution in [0.5, 0.6) is 5.75 Å². The molecule has 30 heavy (non-hydrogen) atoms. The molecule has 0 saturated carbocycles. The number of hydrogen-bond acceptors (Lipinski definition) is 5. The van der Waals surface area contributed by atoms with Crippen molar-refractivity contribution >= 4 is 15.9 Å². The summed E-state index contributed by atoms with van der Waals surface area (Å²) in [6.45, 7) is 2.69. The average Bonchev–Trinajstić information content (AvgIpc) is 2.72. The summed E-state index contributed by atoms with van der Waals surface area (Å²) in [5, 5.41) is 0. The number of carbonyl (C=O) groups is 1. The van der Waals surface area contributed by atoms with E-state index >= 15 is 0 Å². The summed E-state index contributed by atoms with van der Waals surface area (Å²) in [4.78, 5) is 14.3. The molecule has 2 bridgehead atoms. The fourth-order valence-electron chi connectivity index (χ4n) is 3.76. The second-order valence-corrected chi connectivity index (χ2v) is 9.45. The Hall–Kier alpha value is -2.49. The van der Waals surface area contributed by atoms with Gasteiger partial charge in [0.05, 0.1) is 17.1 Å². The van der Waals surface area contributed by atoms with Crippen LogP contribution < -0.4 is 4.74 Å². The second kappa shape index (κ2) is 8.33. The Morgan fingerprint density at radius 1 is 1.07 bits per heavy atom. The van der Waals surface area contributed by atoms with Gasteiger partial charge >= 0.3 is 0 Å². The molecular formula is C21H23FN2O5S. The zero-order valence-electron chi connectivity index (χ0n) is 16.5. The van der Waals surface area contributed by atoms with Crippen LogP contribution in [0.2, 0.25) is 0 Å². The van der Waals surface area contributed by atoms with Crippen LogP contribution in [0.15, 0.2) is 53.4 Å². The molecule has 4 rings (SSSR count). The number of carbonyl (C=O) groups excluding carboxylic acids is 1. The second-order valence-electron chi connectivity index (χ2n) is 7.51. The summed E-state index contributed by atoms with van der Waals surface area (Å²) < 4.78 is 51.8. The summed E-state index contributed by atoms with van der Waals surface area (Å²) in [6, 6.07) is 12.3. The molecule has 2 heterocycles. The number of nitrogens with zero attached hydrogens (tertiary/aromatic N) is 2. The third-order valence-corrected chi connectivity index (χ3v) is 7.14. The summed E-state index contributed by atoms with van der Waals surface area (Å²) in [6.07, 6.45) is -0.842. The first-order valence-corrected chi connectivity index (χ1v) is 11.1. The molecule has 0 N–H and O–H groups in total. The van der Waals surface area contributed by atoms with Gasteiger partial charge in [-0.25, -0.2) is 12.8 Å². The van der Waals surface area contributed by atoms with Crippen LogP contribution in [-0.4, -0.2) is 68.5 Å². The van der Waals surface area contributed by atoms with E-state index in [4.69, 9.17) is 9.47 Å². The molecule has 2 aliphatic rings. The SMILES string of the molecule is Cc1ccccc1OCC(=O)N1C[C@@H]2CN(S(=O)(=O)c3ccc(F)cc3)C[C@H](C1)O2. The molecule has 0 aliphatic carbocycles. The normalized spacial score (nSPS) is 22.0. The van der Waals surface area contributed by atoms with Crippen LogP contribution >= 0.6 is 0 Å². The van der Waals surface area contributed by atoms with Crippen molar-refractivity contribution < 1.29 is 27.1 Å². The highest BCUT2D eigenvalue weighted by atomic mass is 32.2. The van der Waals surface area contributed by atoms with Crippen molar-refractivity contribution in [2.24, 2.45) is 0 Å². The van der Waals surface area contributed by atoms with Gasteiger partial charge in [0.15, 0.2) is 6.61 Å². The molecule has 2 aromatic carbocycles. The van der Waals surface area contributed by atoms with Gasteiger partial charge in [0.1, 0.15) is 11.6 Å². The van der Waals surface area contributed by atoms with Gasteiger partial charge in [-0.15, -0.1) is 0 Å². The maximum atomic E-state index is 13.1. The minimum atomic E-state index is -3.75. The standard InChI is InChI=1S/C21H23FN2O5S/c1-15-4-2-3-5-20(15)28-14-21(25)23-10-17-12-24(13-18(11-23)29-17)30(26,27)19-8-6-16(22)7-9-19/h2-9,17-18H,10-14H2,1H3/t17-,18+. The summed E-state index contributed by atoms with van der Waals surface area (Å²) in [5.41, 5.74) is 0.950. The van der Waals surface area contributed by atoms with Crippen LogP contribution in [0.4, 0.5) is 4.39 Å². The molecule has 2 aliphatic heterocycles. The van der Waals surface area contributed by atoms with E-state index in [2.05, 4.69) is 0 Å². The molecular weight excluding hydrogens is 411 g/mol. The van der Waals surface area contributed by atoms with Gasteiger partial charge in [-0.3, -0.25) is 4.79 Å². The van der Waals surface area contributed by atoms with E-state index in [0.717, 1.165) is 17.7 Å². The third-order valence-electron chi connectivity index (χ3n) is 5.30. The fourth-order valence-corrected chi connectivity index (χ4v) is 5.26. The fraction of sp³-hybridized carbons (Fsp3) is 0.381. The molecule has 1 amide bonds. The predicted molar refractivity (Wildman–Crippen MR) is 107 cm³/mol. The lowest BCUT2D eigenvalue weighted by Gasteiger charge is -2.45. The van der Waals surface area contributed by atoms with Crippen molar-refractivity contribution in [2.75, 3.05) is 32.8 Å². The van der Waals surface area contributed by atoms with Crippen molar-refractivity contribution in [3.05, 3.63) is 59.9 Å². The van der Waals surface area contributed by atoms with Crippen LogP contribution in [0.1, 0.15) is 5.56 Å². The number of sulfonamides is 1. The molecule has 2 saturated heterocycles. The number of morpholine rings is 2. The van der Waals surface area contributed by atoms with Gasteiger partial charge in [0.25, 0.3) is 5.91 Å². The lowest BCUT2D eigenvalue weighted by molar-refractivity contribution is -0.156. The van der Waals surface area contributed by atoms with Gasteiger partial charge in [-0.05, 0) is 42.8 Å². The Kier molecular flexibility index (Phi) is 5.77. The smallest absolute Gasteiger partial charge is 0.260 e. The first-order chi connectivity index (χ1) is 14.3. The molecule has 9 heteroatoms. The Morgan fingerprint density at radius 3 is 2.33 bits per heavy atom. The summed E-state index contributed by atoms with van der Waals surface area (Å²) >= 11 is 0. The van der Waals surface area contributed by atoms with Gasteiger partial charge in [0, 0.05) is 26.2 Å². The molecule has 0 unspecified atom stereocenters. The number of benzene rings is 2. The van der Waals surface area contributed by atoms with E-state index in [1.807, 2.05) is 31.2 Å². The van der Waals surface area contributed by atoms with Crippen LogP contribution in [0.3, 0.4) is 0 Å². The molecule has 7 nitrogen and oxygen atoms in total. The van der Waals surface area contributed by atoms with Crippen molar-refractivity contribution in [3.8, 4) is 5.75 Å². The monoisotopic (exact) mass is 434 g/mol. The molecule has 0 aromatic heterocycles. The number of rotatable bonds is 5. The largest absolute Gasteiger partial charge is 0.484 e. The first-order valence-electron chi connectivity index (χ1n) is 9.70. The molecule has 2 aromatic rings. The van der Waals surface area contributed by atoms with Crippen molar-refractivity contribution in [3.63, 3.8) is 0 Å². The molecule has 160 valence electrons. The van der Waals surface area contributed by atoms with Gasteiger partial charge < -0.3 is 14.4 Å². The van der Waals surface area contributed by atoms with E-state index < -0.39 is 28.0 Å². The highest BCUT2D eigenvalue weighted by molar-refractivity contribution is 7.89. The number of hydrogen-bond donors (Lipinski definition) is 0. The minimum absolute atomic E-state index is 0.0448. The summed E-state index contributed by atoms with van der Waals surface area (Å²) in [5.74, 6) is 0.0112. The van der Waals surface area contributed by atoms with Crippen LogP contribution in [0.25, 0.3) is 0 Å². The van der Waals surface area contributed by atoms with E-state index in [1.54, 1.807) is 4.90 Å². The Morgan fingerprint density at radius 2 is 1.70 bits per heavy atom. The number of para-hydroxylation sites is 1. The Bertz CT molecular complexity index is 1010. The highest BCUT2D eigenvalue weighted by Crippen LogP contribution is 2.25. The minimum Gasteiger partial charge on any atom is -0.484 e. The lowest BCUT2D eigenvalue weighted by atomic mass is 10.1. The van der Waals surface area contributed by atoms with E-state index in [9.17, 15) is 17.6 Å². The van der Waals surface area contributed by atoms with E-state index in [0.29, 0.717) is 18.8 Å². The lowest BCUT2D eigenvalue weighted by Crippen LogP contribution is -2.61. The number of aryl methyl sites for hydroxylation is 1. The van der Waals surface area contributed by atoms with Crippen LogP contribution in [-0.2, 0) is 19.6 Å². The van der Waals surface area contributed by atoms with E-state index in [-0.39, 0.29) is 30.5 Å². The maximum Gasteiger partial charge on any atom is 0.260 e. The number of halogens is 1. The van der Waals surface area contributed by atoms with Gasteiger partial charge in [0.2, 0.25) is 10.0 Å². The predicted octanol–water partition coefficient (Wildman–Crippen LogP) is 1.81. The van der Waals surface area contributed by atoms with Crippen LogP contribution in [0, 0.1) is 12.7 Å². The number of fused-ring (bicyclic) bond motifs is 2. The Labute approximate surface area is 175 Å². The average molecular weight is 434 g/mol.